The van der Waals surface area contributed by atoms with Gasteiger partial charge in [0.15, 0.2) is 0 Å². The molecule has 0 radical (unpaired) electrons. The van der Waals surface area contributed by atoms with Gasteiger partial charge in [-0.3, -0.25) is 9.78 Å². The lowest BCUT2D eigenvalue weighted by molar-refractivity contribution is -0.118. The van der Waals surface area contributed by atoms with Crippen LogP contribution in [0.5, 0.6) is 0 Å². The Morgan fingerprint density at radius 3 is 2.95 bits per heavy atom. The van der Waals surface area contributed by atoms with Crippen LogP contribution in [0.4, 0.5) is 0 Å². The Bertz CT molecular complexity index is 652. The number of hydrazone groups is 1. The third-order valence-corrected chi connectivity index (χ3v) is 3.86. The predicted octanol–water partition coefficient (Wildman–Crippen LogP) is 3.03. The zero-order valence-corrected chi connectivity index (χ0v) is 13.0. The molecule has 21 heavy (non-hydrogen) atoms. The van der Waals surface area contributed by atoms with Crippen LogP contribution >= 0.6 is 35.0 Å². The molecule has 8 heteroatoms. The summed E-state index contributed by atoms with van der Waals surface area (Å²) in [4.78, 5) is 19.6. The Balaban J connectivity index is 1.79. The van der Waals surface area contributed by atoms with E-state index >= 15 is 0 Å². The number of pyridine rings is 2. The Hall–Kier alpha value is -1.63. The van der Waals surface area contributed by atoms with Crippen molar-refractivity contribution in [3.63, 3.8) is 0 Å². The average Bonchev–Trinajstić information content (AvgIpc) is 2.49. The molecule has 0 saturated heterocycles. The molecule has 0 saturated carbocycles. The van der Waals surface area contributed by atoms with Crippen molar-refractivity contribution in [2.75, 3.05) is 5.75 Å². The fourth-order valence-corrected chi connectivity index (χ4v) is 2.27. The molecule has 0 bridgehead atoms. The second-order valence-corrected chi connectivity index (χ2v) is 5.61. The summed E-state index contributed by atoms with van der Waals surface area (Å²) in [5, 5.41) is 5.25. The van der Waals surface area contributed by atoms with Crippen molar-refractivity contribution in [1.82, 2.24) is 15.4 Å². The van der Waals surface area contributed by atoms with Gasteiger partial charge in [-0.15, -0.1) is 0 Å². The zero-order valence-electron chi connectivity index (χ0n) is 10.7. The summed E-state index contributed by atoms with van der Waals surface area (Å²) in [6.07, 6.45) is 6.28. The third-order valence-electron chi connectivity index (χ3n) is 2.22. The third kappa shape index (κ3) is 5.34. The largest absolute Gasteiger partial charge is 0.272 e. The maximum absolute atomic E-state index is 11.6. The van der Waals surface area contributed by atoms with E-state index in [0.29, 0.717) is 15.1 Å². The van der Waals surface area contributed by atoms with Gasteiger partial charge in [-0.25, -0.2) is 10.4 Å². The van der Waals surface area contributed by atoms with Gasteiger partial charge in [0, 0.05) is 24.2 Å². The summed E-state index contributed by atoms with van der Waals surface area (Å²) in [7, 11) is 0. The standard InChI is InChI=1S/C13H10Cl2N4OS/c14-10-4-13(17-7-11(10)15)21-8-12(20)19-18-6-9-2-1-3-16-5-9/h1-7H,8H2,(H,19,20)/b18-6+. The summed E-state index contributed by atoms with van der Waals surface area (Å²) in [6.45, 7) is 0. The summed E-state index contributed by atoms with van der Waals surface area (Å²) >= 11 is 12.9. The zero-order chi connectivity index (χ0) is 15.1. The lowest BCUT2D eigenvalue weighted by Gasteiger charge is -2.01. The van der Waals surface area contributed by atoms with Crippen LogP contribution in [0.1, 0.15) is 5.56 Å². The lowest BCUT2D eigenvalue weighted by atomic mass is 10.3. The first kappa shape index (κ1) is 15.8. The smallest absolute Gasteiger partial charge is 0.250 e. The van der Waals surface area contributed by atoms with Crippen molar-refractivity contribution in [2.45, 2.75) is 5.03 Å². The number of rotatable bonds is 5. The van der Waals surface area contributed by atoms with Gasteiger partial charge in [0.05, 0.1) is 27.0 Å². The second-order valence-electron chi connectivity index (χ2n) is 3.80. The molecule has 108 valence electrons. The Morgan fingerprint density at radius 1 is 1.38 bits per heavy atom. The van der Waals surface area contributed by atoms with E-state index in [1.54, 1.807) is 24.5 Å². The van der Waals surface area contributed by atoms with E-state index in [1.165, 1.54) is 24.2 Å². The SMILES string of the molecule is O=C(CSc1cc(Cl)c(Cl)cn1)N/N=C/c1cccnc1. The van der Waals surface area contributed by atoms with Crippen molar-refractivity contribution in [3.8, 4) is 0 Å². The molecular formula is C13H10Cl2N4OS. The van der Waals surface area contributed by atoms with Crippen molar-refractivity contribution in [2.24, 2.45) is 5.10 Å². The molecule has 0 fully saturated rings. The molecule has 2 aromatic rings. The van der Waals surface area contributed by atoms with Gasteiger partial charge in [0.1, 0.15) is 0 Å². The minimum atomic E-state index is -0.243. The fraction of sp³-hybridized carbons (Fsp3) is 0.0769. The van der Waals surface area contributed by atoms with E-state index in [0.717, 1.165) is 5.56 Å². The van der Waals surface area contributed by atoms with E-state index in [9.17, 15) is 4.79 Å². The molecule has 5 nitrogen and oxygen atoms in total. The van der Waals surface area contributed by atoms with Crippen LogP contribution in [-0.2, 0) is 4.79 Å². The molecule has 2 heterocycles. The number of nitrogens with zero attached hydrogens (tertiary/aromatic N) is 3. The monoisotopic (exact) mass is 340 g/mol. The first-order valence-corrected chi connectivity index (χ1v) is 7.55. The van der Waals surface area contributed by atoms with E-state index in [-0.39, 0.29) is 11.7 Å². The molecule has 0 aliphatic heterocycles. The van der Waals surface area contributed by atoms with Gasteiger partial charge in [-0.2, -0.15) is 5.10 Å². The number of amides is 1. The van der Waals surface area contributed by atoms with Gasteiger partial charge in [0.25, 0.3) is 0 Å². The minimum absolute atomic E-state index is 0.176. The number of hydrogen-bond acceptors (Lipinski definition) is 5. The first-order valence-electron chi connectivity index (χ1n) is 5.81. The molecule has 0 atom stereocenters. The summed E-state index contributed by atoms with van der Waals surface area (Å²) < 4.78 is 0. The van der Waals surface area contributed by atoms with E-state index in [4.69, 9.17) is 23.2 Å². The highest BCUT2D eigenvalue weighted by atomic mass is 35.5. The quantitative estimate of drug-likeness (QED) is 0.516. The van der Waals surface area contributed by atoms with E-state index in [1.807, 2.05) is 6.07 Å². The van der Waals surface area contributed by atoms with Crippen LogP contribution in [-0.4, -0.2) is 27.8 Å². The molecule has 0 aliphatic carbocycles. The minimum Gasteiger partial charge on any atom is -0.272 e. The number of nitrogens with one attached hydrogen (secondary N) is 1. The number of carbonyl (C=O) groups is 1. The Morgan fingerprint density at radius 2 is 2.24 bits per heavy atom. The van der Waals surface area contributed by atoms with E-state index < -0.39 is 0 Å². The van der Waals surface area contributed by atoms with E-state index in [2.05, 4.69) is 20.5 Å². The summed E-state index contributed by atoms with van der Waals surface area (Å²) in [5.74, 6) is -0.0666. The van der Waals surface area contributed by atoms with Crippen LogP contribution in [0.2, 0.25) is 10.0 Å². The highest BCUT2D eigenvalue weighted by molar-refractivity contribution is 7.99. The van der Waals surface area contributed by atoms with Gasteiger partial charge in [0.2, 0.25) is 5.91 Å². The van der Waals surface area contributed by atoms with Crippen LogP contribution in [0.3, 0.4) is 0 Å². The highest BCUT2D eigenvalue weighted by Crippen LogP contribution is 2.25. The Labute approximate surface area is 135 Å². The Kier molecular flexibility index (Phi) is 5.98. The van der Waals surface area contributed by atoms with Crippen molar-refractivity contribution < 1.29 is 4.79 Å². The van der Waals surface area contributed by atoms with Gasteiger partial charge >= 0.3 is 0 Å². The van der Waals surface area contributed by atoms with Crippen molar-refractivity contribution in [3.05, 3.63) is 52.4 Å². The maximum Gasteiger partial charge on any atom is 0.250 e. The normalized spacial score (nSPS) is 10.8. The topological polar surface area (TPSA) is 67.2 Å². The molecule has 0 spiro atoms. The molecule has 0 aromatic carbocycles. The van der Waals surface area contributed by atoms with Crippen LogP contribution in [0, 0.1) is 0 Å². The average molecular weight is 341 g/mol. The van der Waals surface area contributed by atoms with Crippen LogP contribution in [0.15, 0.2) is 46.9 Å². The van der Waals surface area contributed by atoms with Gasteiger partial charge in [-0.05, 0) is 12.1 Å². The second kappa shape index (κ2) is 7.97. The van der Waals surface area contributed by atoms with Crippen LogP contribution in [0.25, 0.3) is 0 Å². The predicted molar refractivity (Wildman–Crippen MR) is 85.0 cm³/mol. The van der Waals surface area contributed by atoms with Gasteiger partial charge in [-0.1, -0.05) is 41.0 Å². The number of aromatic nitrogens is 2. The molecule has 1 N–H and O–H groups in total. The fourth-order valence-electron chi connectivity index (χ4n) is 1.28. The molecule has 2 rings (SSSR count). The number of thioether (sulfide) groups is 1. The van der Waals surface area contributed by atoms with Crippen LogP contribution < -0.4 is 5.43 Å². The first-order chi connectivity index (χ1) is 10.1. The van der Waals surface area contributed by atoms with Crippen molar-refractivity contribution in [1.29, 1.82) is 0 Å². The molecular weight excluding hydrogens is 331 g/mol. The lowest BCUT2D eigenvalue weighted by Crippen LogP contribution is -2.19. The number of hydrogen-bond donors (Lipinski definition) is 1. The molecule has 2 aromatic heterocycles. The molecule has 1 amide bonds. The molecule has 0 unspecified atom stereocenters. The van der Waals surface area contributed by atoms with Gasteiger partial charge < -0.3 is 0 Å². The summed E-state index contributed by atoms with van der Waals surface area (Å²) in [6, 6.07) is 5.23. The molecule has 0 aliphatic rings. The van der Waals surface area contributed by atoms with Crippen molar-refractivity contribution >= 4 is 47.1 Å². The summed E-state index contributed by atoms with van der Waals surface area (Å²) in [5.41, 5.74) is 3.22. The maximum atomic E-state index is 11.6. The highest BCUT2D eigenvalue weighted by Gasteiger charge is 2.05. The number of halogens is 2. The number of carbonyl (C=O) groups excluding carboxylic acids is 1.